The SMILES string of the molecule is CCN(CC)CCCN1C(=O)C(=O)/C(=C(/O)c2ccc(C)cc2)C1c1ccc(O)c(OC)c1. The smallest absolute Gasteiger partial charge is 0.295 e. The van der Waals surface area contributed by atoms with Crippen molar-refractivity contribution >= 4 is 17.4 Å². The molecule has 1 unspecified atom stereocenters. The predicted octanol–water partition coefficient (Wildman–Crippen LogP) is 3.86. The van der Waals surface area contributed by atoms with E-state index in [0.29, 0.717) is 24.1 Å². The first kappa shape index (κ1) is 24.3. The van der Waals surface area contributed by atoms with Crippen molar-refractivity contribution in [1.29, 1.82) is 0 Å². The Morgan fingerprint density at radius 3 is 2.36 bits per heavy atom. The van der Waals surface area contributed by atoms with Crippen molar-refractivity contribution in [2.24, 2.45) is 0 Å². The van der Waals surface area contributed by atoms with Crippen LogP contribution < -0.4 is 4.74 Å². The van der Waals surface area contributed by atoms with Gasteiger partial charge in [-0.2, -0.15) is 0 Å². The zero-order valence-electron chi connectivity index (χ0n) is 19.7. The molecule has 1 aliphatic heterocycles. The summed E-state index contributed by atoms with van der Waals surface area (Å²) in [4.78, 5) is 29.9. The minimum Gasteiger partial charge on any atom is -0.507 e. The van der Waals surface area contributed by atoms with Crippen LogP contribution >= 0.6 is 0 Å². The molecule has 3 rings (SSSR count). The van der Waals surface area contributed by atoms with Crippen LogP contribution in [-0.4, -0.2) is 65.0 Å². The van der Waals surface area contributed by atoms with Crippen molar-refractivity contribution in [2.45, 2.75) is 33.2 Å². The maximum absolute atomic E-state index is 13.1. The number of aromatic hydroxyl groups is 1. The number of Topliss-reactive ketones (excluding diaryl/α,β-unsaturated/α-hetero) is 1. The molecule has 1 heterocycles. The predicted molar refractivity (Wildman–Crippen MR) is 127 cm³/mol. The minimum atomic E-state index is -0.780. The maximum Gasteiger partial charge on any atom is 0.295 e. The molecule has 7 heteroatoms. The van der Waals surface area contributed by atoms with Gasteiger partial charge in [-0.1, -0.05) is 49.7 Å². The Labute approximate surface area is 194 Å². The first-order chi connectivity index (χ1) is 15.8. The highest BCUT2D eigenvalue weighted by Gasteiger charge is 2.46. The number of benzene rings is 2. The van der Waals surface area contributed by atoms with E-state index in [1.807, 2.05) is 19.1 Å². The molecule has 1 aliphatic rings. The van der Waals surface area contributed by atoms with E-state index in [-0.39, 0.29) is 22.8 Å². The third kappa shape index (κ3) is 5.03. The van der Waals surface area contributed by atoms with Crippen LogP contribution in [0.5, 0.6) is 11.5 Å². The number of ether oxygens (including phenoxy) is 1. The molecule has 2 aromatic rings. The molecular formula is C26H32N2O5. The van der Waals surface area contributed by atoms with Crippen molar-refractivity contribution in [3.05, 3.63) is 64.7 Å². The van der Waals surface area contributed by atoms with E-state index in [2.05, 4.69) is 18.7 Å². The Balaban J connectivity index is 2.07. The summed E-state index contributed by atoms with van der Waals surface area (Å²) in [5.74, 6) is -1.38. The van der Waals surface area contributed by atoms with Gasteiger partial charge >= 0.3 is 0 Å². The number of likely N-dealkylation sites (tertiary alicyclic amines) is 1. The number of aryl methyl sites for hydroxylation is 1. The van der Waals surface area contributed by atoms with Gasteiger partial charge in [-0.3, -0.25) is 9.59 Å². The van der Waals surface area contributed by atoms with Crippen molar-refractivity contribution < 1.29 is 24.5 Å². The number of amides is 1. The lowest BCUT2D eigenvalue weighted by molar-refractivity contribution is -0.140. The second-order valence-corrected chi connectivity index (χ2v) is 8.17. The Bertz CT molecular complexity index is 1040. The molecule has 0 aliphatic carbocycles. The standard InChI is InChI=1S/C26H32N2O5/c1-5-27(6-2)14-7-15-28-23(19-12-13-20(29)21(16-19)33-4)22(25(31)26(28)32)24(30)18-10-8-17(3)9-11-18/h8-13,16,23,29-30H,5-7,14-15H2,1-4H3/b24-22+. The molecule has 1 amide bonds. The van der Waals surface area contributed by atoms with Gasteiger partial charge in [0.1, 0.15) is 5.76 Å². The van der Waals surface area contributed by atoms with Crippen LogP contribution in [0.2, 0.25) is 0 Å². The Hall–Kier alpha value is -3.32. The lowest BCUT2D eigenvalue weighted by Gasteiger charge is -2.27. The Morgan fingerprint density at radius 2 is 1.76 bits per heavy atom. The molecule has 33 heavy (non-hydrogen) atoms. The van der Waals surface area contributed by atoms with Crippen LogP contribution in [0, 0.1) is 6.92 Å². The van der Waals surface area contributed by atoms with Gasteiger partial charge in [0.15, 0.2) is 11.5 Å². The van der Waals surface area contributed by atoms with E-state index in [1.165, 1.54) is 18.1 Å². The van der Waals surface area contributed by atoms with Crippen LogP contribution in [0.1, 0.15) is 43.0 Å². The Morgan fingerprint density at radius 1 is 1.09 bits per heavy atom. The number of phenols is 1. The summed E-state index contributed by atoms with van der Waals surface area (Å²) in [5, 5.41) is 21.2. The van der Waals surface area contributed by atoms with Crippen molar-refractivity contribution in [2.75, 3.05) is 33.3 Å². The summed E-state index contributed by atoms with van der Waals surface area (Å²) < 4.78 is 5.25. The van der Waals surface area contributed by atoms with Crippen LogP contribution in [0.15, 0.2) is 48.0 Å². The second-order valence-electron chi connectivity index (χ2n) is 8.17. The van der Waals surface area contributed by atoms with Crippen molar-refractivity contribution in [1.82, 2.24) is 9.80 Å². The van der Waals surface area contributed by atoms with Gasteiger partial charge in [-0.05, 0) is 50.7 Å². The number of aliphatic hydroxyl groups excluding tert-OH is 1. The van der Waals surface area contributed by atoms with Crippen molar-refractivity contribution in [3.63, 3.8) is 0 Å². The van der Waals surface area contributed by atoms with Gasteiger partial charge in [0.05, 0.1) is 18.7 Å². The number of carbonyl (C=O) groups is 2. The van der Waals surface area contributed by atoms with E-state index in [9.17, 15) is 19.8 Å². The second kappa shape index (κ2) is 10.5. The molecule has 1 fully saturated rings. The van der Waals surface area contributed by atoms with E-state index in [4.69, 9.17) is 4.74 Å². The van der Waals surface area contributed by atoms with Gasteiger partial charge in [0, 0.05) is 12.1 Å². The van der Waals surface area contributed by atoms with Gasteiger partial charge in [0.25, 0.3) is 11.7 Å². The van der Waals surface area contributed by atoms with Crippen LogP contribution in [0.3, 0.4) is 0 Å². The summed E-state index contributed by atoms with van der Waals surface area (Å²) in [5.41, 5.74) is 2.11. The van der Waals surface area contributed by atoms with Crippen molar-refractivity contribution in [3.8, 4) is 11.5 Å². The van der Waals surface area contributed by atoms with Gasteiger partial charge in [0.2, 0.25) is 0 Å². The molecular weight excluding hydrogens is 420 g/mol. The van der Waals surface area contributed by atoms with E-state index in [1.54, 1.807) is 24.3 Å². The molecule has 0 bridgehead atoms. The third-order valence-corrected chi connectivity index (χ3v) is 6.15. The number of hydrogen-bond acceptors (Lipinski definition) is 6. The third-order valence-electron chi connectivity index (χ3n) is 6.15. The number of carbonyl (C=O) groups excluding carboxylic acids is 2. The number of aliphatic hydroxyl groups is 1. The van der Waals surface area contributed by atoms with E-state index < -0.39 is 17.7 Å². The summed E-state index contributed by atoms with van der Waals surface area (Å²) in [6.07, 6.45) is 0.686. The largest absolute Gasteiger partial charge is 0.507 e. The summed E-state index contributed by atoms with van der Waals surface area (Å²) in [7, 11) is 1.44. The fourth-order valence-corrected chi connectivity index (χ4v) is 4.19. The average molecular weight is 453 g/mol. The molecule has 0 aromatic heterocycles. The van der Waals surface area contributed by atoms with Crippen LogP contribution in [0.25, 0.3) is 5.76 Å². The monoisotopic (exact) mass is 452 g/mol. The van der Waals surface area contributed by atoms with E-state index >= 15 is 0 Å². The highest BCUT2D eigenvalue weighted by atomic mass is 16.5. The number of rotatable bonds is 9. The maximum atomic E-state index is 13.1. The molecule has 176 valence electrons. The number of phenolic OH excluding ortho intramolecular Hbond substituents is 1. The normalized spacial score (nSPS) is 17.7. The summed E-state index contributed by atoms with van der Waals surface area (Å²) >= 11 is 0. The molecule has 2 aromatic carbocycles. The van der Waals surface area contributed by atoms with Gasteiger partial charge in [-0.25, -0.2) is 0 Å². The van der Waals surface area contributed by atoms with Crippen LogP contribution in [0.4, 0.5) is 0 Å². The first-order valence-electron chi connectivity index (χ1n) is 11.3. The molecule has 2 N–H and O–H groups in total. The molecule has 0 radical (unpaired) electrons. The molecule has 0 saturated carbocycles. The molecule has 1 atom stereocenters. The first-order valence-corrected chi connectivity index (χ1v) is 11.3. The fraction of sp³-hybridized carbons (Fsp3) is 0.385. The lowest BCUT2D eigenvalue weighted by atomic mass is 9.94. The van der Waals surface area contributed by atoms with Gasteiger partial charge in [-0.15, -0.1) is 0 Å². The van der Waals surface area contributed by atoms with E-state index in [0.717, 1.165) is 25.2 Å². The zero-order valence-corrected chi connectivity index (χ0v) is 19.7. The quantitative estimate of drug-likeness (QED) is 0.341. The molecule has 1 saturated heterocycles. The number of methoxy groups -OCH3 is 1. The number of nitrogens with zero attached hydrogens (tertiary/aromatic N) is 2. The lowest BCUT2D eigenvalue weighted by Crippen LogP contribution is -2.33. The topological polar surface area (TPSA) is 90.3 Å². The highest BCUT2D eigenvalue weighted by molar-refractivity contribution is 6.46. The number of ketones is 1. The summed E-state index contributed by atoms with van der Waals surface area (Å²) in [6.45, 7) is 9.06. The fourth-order valence-electron chi connectivity index (χ4n) is 4.19. The van der Waals surface area contributed by atoms with Crippen LogP contribution in [-0.2, 0) is 9.59 Å². The minimum absolute atomic E-state index is 0.0411. The Kier molecular flexibility index (Phi) is 7.76. The highest BCUT2D eigenvalue weighted by Crippen LogP contribution is 2.41. The molecule has 7 nitrogen and oxygen atoms in total. The average Bonchev–Trinajstić information content (AvgIpc) is 3.07. The van der Waals surface area contributed by atoms with Gasteiger partial charge < -0.3 is 24.7 Å². The number of hydrogen-bond donors (Lipinski definition) is 2. The molecule has 0 spiro atoms. The summed E-state index contributed by atoms with van der Waals surface area (Å²) in [6, 6.07) is 11.1. The zero-order chi connectivity index (χ0) is 24.1.